The number of nitrogens with zero attached hydrogens (tertiary/aromatic N) is 1. The Bertz CT molecular complexity index is 1370. The van der Waals surface area contributed by atoms with Gasteiger partial charge in [0.15, 0.2) is 5.82 Å². The minimum Gasteiger partial charge on any atom is -0.459 e. The molecular weight excluding hydrogens is 456 g/mol. The molecule has 7 nitrogen and oxygen atoms in total. The number of nitrogens with one attached hydrogen (secondary N) is 2. The molecule has 1 fully saturated rings. The number of aromatic amines is 1. The highest BCUT2D eigenvalue weighted by atomic mass is 19.1. The second-order valence-corrected chi connectivity index (χ2v) is 8.39. The summed E-state index contributed by atoms with van der Waals surface area (Å²) in [5.41, 5.74) is 2.56. The van der Waals surface area contributed by atoms with E-state index in [1.54, 1.807) is 43.4 Å². The molecule has 1 saturated heterocycles. The quantitative estimate of drug-likeness (QED) is 0.401. The molecule has 3 N–H and O–H groups in total. The van der Waals surface area contributed by atoms with Crippen LogP contribution >= 0.6 is 0 Å². The predicted octanol–water partition coefficient (Wildman–Crippen LogP) is 4.06. The molecule has 1 amide bonds. The first kappa shape index (κ1) is 22.9. The van der Waals surface area contributed by atoms with Crippen LogP contribution in [0, 0.1) is 11.6 Å². The van der Waals surface area contributed by atoms with E-state index in [1.807, 2.05) is 12.1 Å². The van der Waals surface area contributed by atoms with Crippen molar-refractivity contribution >= 4 is 16.9 Å². The zero-order chi connectivity index (χ0) is 24.5. The van der Waals surface area contributed by atoms with Gasteiger partial charge in [-0.2, -0.15) is 4.98 Å². The lowest BCUT2D eigenvalue weighted by Crippen LogP contribution is -2.36. The number of aliphatic hydroxyl groups is 1. The van der Waals surface area contributed by atoms with Crippen molar-refractivity contribution in [1.29, 1.82) is 0 Å². The summed E-state index contributed by atoms with van der Waals surface area (Å²) >= 11 is 0. The summed E-state index contributed by atoms with van der Waals surface area (Å²) in [5, 5.41) is 12.3. The average molecular weight is 479 g/mol. The summed E-state index contributed by atoms with van der Waals surface area (Å²) in [4.78, 5) is 18.7. The van der Waals surface area contributed by atoms with Gasteiger partial charge in [-0.1, -0.05) is 36.4 Å². The predicted molar refractivity (Wildman–Crippen MR) is 126 cm³/mol. The smallest absolute Gasteiger partial charge is 0.295 e. The van der Waals surface area contributed by atoms with Crippen LogP contribution in [0.25, 0.3) is 33.3 Å². The first-order valence-electron chi connectivity index (χ1n) is 11.2. The van der Waals surface area contributed by atoms with Crippen LogP contribution in [0.1, 0.15) is 16.8 Å². The van der Waals surface area contributed by atoms with Crippen molar-refractivity contribution in [3.8, 4) is 28.3 Å². The Kier molecular flexibility index (Phi) is 6.19. The molecule has 4 aromatic rings. The zero-order valence-corrected chi connectivity index (χ0v) is 18.8. The molecule has 0 spiro atoms. The molecule has 0 bridgehead atoms. The lowest BCUT2D eigenvalue weighted by atomic mass is 9.98. The van der Waals surface area contributed by atoms with Crippen molar-refractivity contribution in [1.82, 2.24) is 15.3 Å². The third-order valence-corrected chi connectivity index (χ3v) is 5.96. The average Bonchev–Trinajstić information content (AvgIpc) is 3.26. The summed E-state index contributed by atoms with van der Waals surface area (Å²) in [6.07, 6.45) is -0.722. The monoisotopic (exact) mass is 479 g/mol. The SMILES string of the molecule is CNC(=O)c1ccc(-c2ccc(-c3c(F)cc4[nH]c(OC5COCC(O)C5)nc4c3F)cc2)cc1. The number of halogens is 2. The molecule has 180 valence electrons. The van der Waals surface area contributed by atoms with Crippen LogP contribution in [-0.4, -0.2) is 53.5 Å². The number of aromatic nitrogens is 2. The Morgan fingerprint density at radius 1 is 1.09 bits per heavy atom. The molecule has 2 unspecified atom stereocenters. The Labute approximate surface area is 199 Å². The van der Waals surface area contributed by atoms with Gasteiger partial charge >= 0.3 is 0 Å². The number of rotatable bonds is 5. The molecule has 1 aliphatic heterocycles. The standard InChI is InChI=1S/C26H23F2N3O4/c1-29-25(33)17-8-4-15(5-9-17)14-2-6-16(7-3-14)22-20(27)11-21-24(23(22)28)31-26(30-21)35-19-10-18(32)12-34-13-19/h2-9,11,18-19,32H,10,12-13H2,1H3,(H,29,33)(H,30,31). The third kappa shape index (κ3) is 4.60. The van der Waals surface area contributed by atoms with E-state index in [2.05, 4.69) is 15.3 Å². The first-order valence-corrected chi connectivity index (χ1v) is 11.2. The van der Waals surface area contributed by atoms with Gasteiger partial charge in [0.05, 0.1) is 30.4 Å². The fraction of sp³-hybridized carbons (Fsp3) is 0.231. The fourth-order valence-corrected chi connectivity index (χ4v) is 4.18. The second-order valence-electron chi connectivity index (χ2n) is 8.39. The van der Waals surface area contributed by atoms with Gasteiger partial charge < -0.3 is 24.9 Å². The second kappa shape index (κ2) is 9.44. The van der Waals surface area contributed by atoms with Crippen molar-refractivity contribution in [2.24, 2.45) is 0 Å². The summed E-state index contributed by atoms with van der Waals surface area (Å²) in [5.74, 6) is -1.71. The van der Waals surface area contributed by atoms with E-state index in [4.69, 9.17) is 9.47 Å². The Hall–Kier alpha value is -3.82. The zero-order valence-electron chi connectivity index (χ0n) is 18.8. The molecule has 35 heavy (non-hydrogen) atoms. The number of H-pyrrole nitrogens is 1. The Morgan fingerprint density at radius 3 is 2.40 bits per heavy atom. The molecule has 2 atom stereocenters. The molecule has 0 aliphatic carbocycles. The normalized spacial score (nSPS) is 17.9. The van der Waals surface area contributed by atoms with Crippen LogP contribution in [-0.2, 0) is 4.74 Å². The Balaban J connectivity index is 1.41. The van der Waals surface area contributed by atoms with Crippen LogP contribution < -0.4 is 10.1 Å². The van der Waals surface area contributed by atoms with Crippen molar-refractivity contribution in [3.63, 3.8) is 0 Å². The van der Waals surface area contributed by atoms with Gasteiger partial charge in [0.1, 0.15) is 17.4 Å². The lowest BCUT2D eigenvalue weighted by molar-refractivity contribution is -0.0646. The topological polar surface area (TPSA) is 96.5 Å². The number of hydrogen-bond donors (Lipinski definition) is 3. The number of carbonyl (C=O) groups is 1. The number of aliphatic hydroxyl groups excluding tert-OH is 1. The van der Waals surface area contributed by atoms with Gasteiger partial charge in [0.25, 0.3) is 11.9 Å². The van der Waals surface area contributed by atoms with Gasteiger partial charge in [-0.05, 0) is 28.8 Å². The van der Waals surface area contributed by atoms with Crippen LogP contribution in [0.4, 0.5) is 8.78 Å². The van der Waals surface area contributed by atoms with Crippen molar-refractivity contribution in [2.45, 2.75) is 18.6 Å². The molecule has 3 aromatic carbocycles. The molecule has 0 saturated carbocycles. The number of ether oxygens (including phenoxy) is 2. The lowest BCUT2D eigenvalue weighted by Gasteiger charge is -2.25. The molecule has 1 aliphatic rings. The van der Waals surface area contributed by atoms with Gasteiger partial charge in [-0.15, -0.1) is 0 Å². The minimum atomic E-state index is -0.797. The van der Waals surface area contributed by atoms with E-state index >= 15 is 4.39 Å². The van der Waals surface area contributed by atoms with Crippen molar-refractivity contribution in [2.75, 3.05) is 20.3 Å². The summed E-state index contributed by atoms with van der Waals surface area (Å²) in [6.45, 7) is 0.514. The Morgan fingerprint density at radius 2 is 1.74 bits per heavy atom. The summed E-state index contributed by atoms with van der Waals surface area (Å²) in [7, 11) is 1.57. The number of hydrogen-bond acceptors (Lipinski definition) is 5. The van der Waals surface area contributed by atoms with Gasteiger partial charge in [0.2, 0.25) is 0 Å². The van der Waals surface area contributed by atoms with E-state index in [9.17, 15) is 14.3 Å². The van der Waals surface area contributed by atoms with Gasteiger partial charge in [-0.3, -0.25) is 4.79 Å². The van der Waals surface area contributed by atoms with E-state index in [0.717, 1.165) is 11.1 Å². The number of fused-ring (bicyclic) bond motifs is 1. The molecule has 1 aromatic heterocycles. The number of imidazole rings is 1. The van der Waals surface area contributed by atoms with E-state index in [0.29, 0.717) is 17.5 Å². The highest BCUT2D eigenvalue weighted by molar-refractivity contribution is 5.94. The molecule has 5 rings (SSSR count). The third-order valence-electron chi connectivity index (χ3n) is 5.96. The highest BCUT2D eigenvalue weighted by Gasteiger charge is 2.25. The fourth-order valence-electron chi connectivity index (χ4n) is 4.18. The molecule has 0 radical (unpaired) electrons. The van der Waals surface area contributed by atoms with E-state index in [1.165, 1.54) is 6.07 Å². The maximum absolute atomic E-state index is 15.4. The maximum atomic E-state index is 15.4. The minimum absolute atomic E-state index is 0.0358. The largest absolute Gasteiger partial charge is 0.459 e. The molecular formula is C26H23F2N3O4. The first-order chi connectivity index (χ1) is 16.9. The van der Waals surface area contributed by atoms with Gasteiger partial charge in [0, 0.05) is 25.1 Å². The number of amides is 1. The van der Waals surface area contributed by atoms with Crippen molar-refractivity contribution in [3.05, 3.63) is 71.8 Å². The van der Waals surface area contributed by atoms with Crippen LogP contribution in [0.15, 0.2) is 54.6 Å². The van der Waals surface area contributed by atoms with Crippen LogP contribution in [0.2, 0.25) is 0 Å². The summed E-state index contributed by atoms with van der Waals surface area (Å²) < 4.78 is 41.2. The molecule has 9 heteroatoms. The van der Waals surface area contributed by atoms with Gasteiger partial charge in [-0.25, -0.2) is 8.78 Å². The molecule has 2 heterocycles. The number of carbonyl (C=O) groups excluding carboxylic acids is 1. The van der Waals surface area contributed by atoms with Crippen LogP contribution in [0.5, 0.6) is 6.01 Å². The highest BCUT2D eigenvalue weighted by Crippen LogP contribution is 2.33. The maximum Gasteiger partial charge on any atom is 0.295 e. The summed E-state index contributed by atoms with van der Waals surface area (Å²) in [6, 6.07) is 15.1. The van der Waals surface area contributed by atoms with Crippen LogP contribution in [0.3, 0.4) is 0 Å². The van der Waals surface area contributed by atoms with E-state index < -0.39 is 23.8 Å². The van der Waals surface area contributed by atoms with Crippen molar-refractivity contribution < 1.29 is 28.2 Å². The number of benzene rings is 3. The van der Waals surface area contributed by atoms with E-state index in [-0.39, 0.29) is 41.7 Å².